The topological polar surface area (TPSA) is 63.7 Å². The van der Waals surface area contributed by atoms with Crippen LogP contribution in [0.3, 0.4) is 0 Å². The first-order valence-electron chi connectivity index (χ1n) is 10.0. The number of halogens is 1. The standard InChI is InChI=1S/C24H20ClNO4/c1-13-9-16-11-19(13)21-20(16)22(27)26(23(21)28)18-7-5-15(6-8-18)24(29)30-12-14-3-2-4-17(25)10-14/h2-10,16,19-21H,11-12H2,1H3. The Morgan fingerprint density at radius 2 is 1.83 bits per heavy atom. The zero-order valence-corrected chi connectivity index (χ0v) is 17.1. The molecule has 4 unspecified atom stereocenters. The fraction of sp³-hybridized carbons (Fsp3) is 0.292. The fourth-order valence-electron chi connectivity index (χ4n) is 5.13. The zero-order valence-electron chi connectivity index (χ0n) is 16.4. The van der Waals surface area contributed by atoms with Crippen molar-refractivity contribution in [1.82, 2.24) is 0 Å². The molecular formula is C24H20ClNO4. The highest BCUT2D eigenvalue weighted by Crippen LogP contribution is 2.55. The predicted molar refractivity (Wildman–Crippen MR) is 112 cm³/mol. The van der Waals surface area contributed by atoms with E-state index in [9.17, 15) is 14.4 Å². The Balaban J connectivity index is 1.29. The molecule has 1 aliphatic heterocycles. The van der Waals surface area contributed by atoms with Crippen molar-refractivity contribution in [2.75, 3.05) is 4.90 Å². The average molecular weight is 422 g/mol. The third-order valence-electron chi connectivity index (χ3n) is 6.50. The summed E-state index contributed by atoms with van der Waals surface area (Å²) in [5.74, 6) is -0.859. The van der Waals surface area contributed by atoms with Crippen LogP contribution in [0, 0.1) is 23.7 Å². The van der Waals surface area contributed by atoms with E-state index in [0.29, 0.717) is 16.3 Å². The Morgan fingerprint density at radius 1 is 1.10 bits per heavy atom. The minimum atomic E-state index is -0.477. The normalized spacial score (nSPS) is 26.7. The van der Waals surface area contributed by atoms with Crippen molar-refractivity contribution in [3.63, 3.8) is 0 Å². The number of amides is 2. The van der Waals surface area contributed by atoms with Crippen molar-refractivity contribution < 1.29 is 19.1 Å². The second-order valence-corrected chi connectivity index (χ2v) is 8.67. The number of allylic oxidation sites excluding steroid dienone is 2. The SMILES string of the molecule is CC1=CC2CC1C1C(=O)N(c3ccc(C(=O)OCc4cccc(Cl)c4)cc3)C(=O)C21. The first-order valence-corrected chi connectivity index (χ1v) is 10.4. The van der Waals surface area contributed by atoms with Gasteiger partial charge < -0.3 is 4.74 Å². The largest absolute Gasteiger partial charge is 0.457 e. The van der Waals surface area contributed by atoms with E-state index in [1.807, 2.05) is 13.0 Å². The van der Waals surface area contributed by atoms with Crippen LogP contribution >= 0.6 is 11.6 Å². The van der Waals surface area contributed by atoms with Gasteiger partial charge in [0.05, 0.1) is 23.1 Å². The number of anilines is 1. The number of imide groups is 1. The van der Waals surface area contributed by atoms with Crippen LogP contribution in [0.1, 0.15) is 29.3 Å². The van der Waals surface area contributed by atoms with Crippen LogP contribution in [0.15, 0.2) is 60.2 Å². The molecular weight excluding hydrogens is 402 g/mol. The van der Waals surface area contributed by atoms with E-state index in [0.717, 1.165) is 12.0 Å². The summed E-state index contributed by atoms with van der Waals surface area (Å²) < 4.78 is 5.33. The van der Waals surface area contributed by atoms with E-state index in [2.05, 4.69) is 6.08 Å². The number of ether oxygens (including phenoxy) is 1. The number of hydrogen-bond donors (Lipinski definition) is 0. The Hall–Kier alpha value is -2.92. The van der Waals surface area contributed by atoms with Gasteiger partial charge in [-0.05, 0) is 67.1 Å². The van der Waals surface area contributed by atoms with Crippen molar-refractivity contribution in [3.8, 4) is 0 Å². The van der Waals surface area contributed by atoms with Crippen LogP contribution in [0.4, 0.5) is 5.69 Å². The van der Waals surface area contributed by atoms with Crippen LogP contribution in [-0.2, 0) is 20.9 Å². The summed E-state index contributed by atoms with van der Waals surface area (Å²) >= 11 is 5.94. The molecule has 1 heterocycles. The van der Waals surface area contributed by atoms with Gasteiger partial charge in [0.15, 0.2) is 0 Å². The van der Waals surface area contributed by atoms with Gasteiger partial charge in [0.2, 0.25) is 11.8 Å². The summed E-state index contributed by atoms with van der Waals surface area (Å²) in [6.45, 7) is 2.16. The van der Waals surface area contributed by atoms with Gasteiger partial charge in [-0.3, -0.25) is 14.5 Å². The molecule has 1 saturated carbocycles. The summed E-state index contributed by atoms with van der Waals surface area (Å²) in [5.41, 5.74) is 2.88. The lowest BCUT2D eigenvalue weighted by Crippen LogP contribution is -2.32. The molecule has 2 aliphatic carbocycles. The Bertz CT molecular complexity index is 1090. The van der Waals surface area contributed by atoms with E-state index >= 15 is 0 Å². The highest BCUT2D eigenvalue weighted by molar-refractivity contribution is 6.30. The summed E-state index contributed by atoms with van der Waals surface area (Å²) in [5, 5.41) is 0.580. The summed E-state index contributed by atoms with van der Waals surface area (Å²) in [7, 11) is 0. The monoisotopic (exact) mass is 421 g/mol. The zero-order chi connectivity index (χ0) is 21.0. The molecule has 0 spiro atoms. The lowest BCUT2D eigenvalue weighted by Gasteiger charge is -2.19. The minimum Gasteiger partial charge on any atom is -0.457 e. The van der Waals surface area contributed by atoms with Crippen LogP contribution in [0.5, 0.6) is 0 Å². The molecule has 6 heteroatoms. The quantitative estimate of drug-likeness (QED) is 0.417. The molecule has 2 bridgehead atoms. The molecule has 5 nitrogen and oxygen atoms in total. The number of rotatable bonds is 4. The van der Waals surface area contributed by atoms with Crippen LogP contribution in [-0.4, -0.2) is 17.8 Å². The molecule has 2 aromatic carbocycles. The van der Waals surface area contributed by atoms with Gasteiger partial charge in [0.25, 0.3) is 0 Å². The number of nitrogens with zero attached hydrogens (tertiary/aromatic N) is 1. The first kappa shape index (κ1) is 19.1. The van der Waals surface area contributed by atoms with Gasteiger partial charge >= 0.3 is 5.97 Å². The second kappa shape index (κ2) is 7.10. The number of carbonyl (C=O) groups excluding carboxylic acids is 3. The van der Waals surface area contributed by atoms with Crippen molar-refractivity contribution in [1.29, 1.82) is 0 Å². The maximum absolute atomic E-state index is 13.0. The molecule has 5 rings (SSSR count). The molecule has 152 valence electrons. The van der Waals surface area contributed by atoms with Gasteiger partial charge in [-0.15, -0.1) is 0 Å². The lowest BCUT2D eigenvalue weighted by molar-refractivity contribution is -0.123. The number of benzene rings is 2. The van der Waals surface area contributed by atoms with Crippen molar-refractivity contribution >= 4 is 35.1 Å². The van der Waals surface area contributed by atoms with Gasteiger partial charge in [-0.25, -0.2) is 4.79 Å². The molecule has 0 N–H and O–H groups in total. The second-order valence-electron chi connectivity index (χ2n) is 8.23. The summed E-state index contributed by atoms with van der Waals surface area (Å²) in [4.78, 5) is 39.6. The highest BCUT2D eigenvalue weighted by Gasteiger charge is 2.60. The van der Waals surface area contributed by atoms with Gasteiger partial charge in [0, 0.05) is 5.02 Å². The van der Waals surface area contributed by atoms with Crippen LogP contribution in [0.2, 0.25) is 5.02 Å². The van der Waals surface area contributed by atoms with Gasteiger partial charge in [-0.1, -0.05) is 35.4 Å². The van der Waals surface area contributed by atoms with Gasteiger partial charge in [-0.2, -0.15) is 0 Å². The third kappa shape index (κ3) is 2.96. The number of esters is 1. The molecule has 1 saturated heterocycles. The predicted octanol–water partition coefficient (Wildman–Crippen LogP) is 4.40. The maximum Gasteiger partial charge on any atom is 0.338 e. The molecule has 4 atom stereocenters. The molecule has 2 aromatic rings. The van der Waals surface area contributed by atoms with E-state index in [4.69, 9.17) is 16.3 Å². The summed E-state index contributed by atoms with van der Waals surface area (Å²) in [6, 6.07) is 13.6. The van der Waals surface area contributed by atoms with Crippen LogP contribution in [0.25, 0.3) is 0 Å². The van der Waals surface area contributed by atoms with Crippen molar-refractivity contribution in [2.45, 2.75) is 20.0 Å². The van der Waals surface area contributed by atoms with E-state index in [-0.39, 0.29) is 42.1 Å². The summed E-state index contributed by atoms with van der Waals surface area (Å²) in [6.07, 6.45) is 3.06. The molecule has 0 aromatic heterocycles. The molecule has 2 fully saturated rings. The molecule has 2 amide bonds. The number of carbonyl (C=O) groups is 3. The Morgan fingerprint density at radius 3 is 2.57 bits per heavy atom. The van der Waals surface area contributed by atoms with Gasteiger partial charge in [0.1, 0.15) is 6.61 Å². The van der Waals surface area contributed by atoms with Crippen molar-refractivity contribution in [3.05, 3.63) is 76.3 Å². The average Bonchev–Trinajstić information content (AvgIpc) is 3.37. The molecule has 3 aliphatic rings. The Kier molecular flexibility index (Phi) is 4.51. The first-order chi connectivity index (χ1) is 14.4. The molecule has 0 radical (unpaired) electrons. The lowest BCUT2D eigenvalue weighted by atomic mass is 9.82. The fourth-order valence-corrected chi connectivity index (χ4v) is 5.35. The minimum absolute atomic E-state index is 0.114. The molecule has 30 heavy (non-hydrogen) atoms. The number of hydrogen-bond acceptors (Lipinski definition) is 4. The van der Waals surface area contributed by atoms with E-state index in [1.165, 1.54) is 10.5 Å². The van der Waals surface area contributed by atoms with Crippen molar-refractivity contribution in [2.24, 2.45) is 23.7 Å². The Labute approximate surface area is 179 Å². The smallest absolute Gasteiger partial charge is 0.338 e. The highest BCUT2D eigenvalue weighted by atomic mass is 35.5. The maximum atomic E-state index is 13.0. The van der Waals surface area contributed by atoms with Crippen LogP contribution < -0.4 is 4.90 Å². The van der Waals surface area contributed by atoms with E-state index in [1.54, 1.807) is 42.5 Å². The van der Waals surface area contributed by atoms with E-state index < -0.39 is 5.97 Å². The number of fused-ring (bicyclic) bond motifs is 5. The third-order valence-corrected chi connectivity index (χ3v) is 6.74.